The Hall–Kier alpha value is -3.01. The molecule has 31 heavy (non-hydrogen) atoms. The van der Waals surface area contributed by atoms with E-state index in [0.717, 1.165) is 16.1 Å². The van der Waals surface area contributed by atoms with Crippen molar-refractivity contribution in [1.29, 1.82) is 0 Å². The molecule has 0 aliphatic heterocycles. The number of sulfonamides is 1. The lowest BCUT2D eigenvalue weighted by atomic mass is 10.2. The summed E-state index contributed by atoms with van der Waals surface area (Å²) in [5.74, 6) is -0.303. The van der Waals surface area contributed by atoms with Gasteiger partial charge in [-0.2, -0.15) is 0 Å². The second-order valence-corrected chi connectivity index (χ2v) is 10.6. The maximum absolute atomic E-state index is 12.8. The van der Waals surface area contributed by atoms with Crippen molar-refractivity contribution >= 4 is 49.4 Å². The van der Waals surface area contributed by atoms with Gasteiger partial charge in [0.15, 0.2) is 5.13 Å². The van der Waals surface area contributed by atoms with Crippen molar-refractivity contribution in [3.63, 3.8) is 0 Å². The van der Waals surface area contributed by atoms with E-state index < -0.39 is 10.0 Å². The fraction of sp³-hybridized carbons (Fsp3) is 0.0909. The molecular formula is C22H19N3O3S3. The van der Waals surface area contributed by atoms with Crippen LogP contribution in [0.1, 0.15) is 15.9 Å². The third kappa shape index (κ3) is 4.53. The molecule has 0 spiro atoms. The Morgan fingerprint density at radius 3 is 2.35 bits per heavy atom. The molecular weight excluding hydrogens is 450 g/mol. The van der Waals surface area contributed by atoms with Crippen LogP contribution in [0.25, 0.3) is 10.6 Å². The fourth-order valence-corrected chi connectivity index (χ4v) is 5.53. The monoisotopic (exact) mass is 469 g/mol. The number of thiazole rings is 1. The first-order valence-corrected chi connectivity index (χ1v) is 12.5. The minimum atomic E-state index is -3.68. The van der Waals surface area contributed by atoms with Crippen LogP contribution in [-0.4, -0.2) is 26.4 Å². The molecule has 2 aromatic heterocycles. The van der Waals surface area contributed by atoms with Gasteiger partial charge in [-0.15, -0.1) is 22.7 Å². The van der Waals surface area contributed by atoms with E-state index in [0.29, 0.717) is 16.4 Å². The second kappa shape index (κ2) is 8.62. The summed E-state index contributed by atoms with van der Waals surface area (Å²) in [7, 11) is -2.19. The van der Waals surface area contributed by atoms with Gasteiger partial charge < -0.3 is 0 Å². The minimum absolute atomic E-state index is 0.215. The summed E-state index contributed by atoms with van der Waals surface area (Å²) in [6, 6.07) is 17.0. The Bertz CT molecular complexity index is 1290. The Morgan fingerprint density at radius 2 is 1.71 bits per heavy atom. The molecule has 6 nitrogen and oxygen atoms in total. The number of benzene rings is 2. The van der Waals surface area contributed by atoms with E-state index in [9.17, 15) is 13.2 Å². The highest BCUT2D eigenvalue weighted by molar-refractivity contribution is 7.92. The van der Waals surface area contributed by atoms with E-state index in [1.807, 2.05) is 29.8 Å². The molecule has 0 atom stereocenters. The largest absolute Gasteiger partial charge is 0.298 e. The Labute approximate surface area is 188 Å². The van der Waals surface area contributed by atoms with E-state index in [-0.39, 0.29) is 10.8 Å². The average molecular weight is 470 g/mol. The Kier molecular flexibility index (Phi) is 5.90. The topological polar surface area (TPSA) is 79.4 Å². The normalized spacial score (nSPS) is 11.3. The summed E-state index contributed by atoms with van der Waals surface area (Å²) in [5.41, 5.74) is 2.69. The van der Waals surface area contributed by atoms with Gasteiger partial charge in [0.1, 0.15) is 0 Å². The molecule has 0 aliphatic carbocycles. The van der Waals surface area contributed by atoms with Crippen molar-refractivity contribution in [1.82, 2.24) is 4.98 Å². The van der Waals surface area contributed by atoms with Gasteiger partial charge in [-0.3, -0.25) is 14.4 Å². The van der Waals surface area contributed by atoms with Gasteiger partial charge in [0, 0.05) is 18.0 Å². The molecule has 0 fully saturated rings. The number of aryl methyl sites for hydroxylation is 1. The molecule has 4 aromatic rings. The van der Waals surface area contributed by atoms with Crippen LogP contribution in [0.3, 0.4) is 0 Å². The van der Waals surface area contributed by atoms with Crippen LogP contribution in [0.15, 0.2) is 76.3 Å². The third-order valence-corrected chi connectivity index (χ3v) is 8.12. The second-order valence-electron chi connectivity index (χ2n) is 6.80. The van der Waals surface area contributed by atoms with E-state index in [1.165, 1.54) is 22.7 Å². The zero-order valence-corrected chi connectivity index (χ0v) is 19.2. The summed E-state index contributed by atoms with van der Waals surface area (Å²) in [5, 5.41) is 7.18. The molecule has 0 radical (unpaired) electrons. The van der Waals surface area contributed by atoms with Crippen LogP contribution in [-0.2, 0) is 10.0 Å². The van der Waals surface area contributed by atoms with Crippen LogP contribution >= 0.6 is 22.7 Å². The lowest BCUT2D eigenvalue weighted by Gasteiger charge is -2.20. The summed E-state index contributed by atoms with van der Waals surface area (Å²) in [4.78, 5) is 18.3. The molecule has 2 heterocycles. The van der Waals surface area contributed by atoms with Crippen LogP contribution in [0, 0.1) is 6.92 Å². The Morgan fingerprint density at radius 1 is 1.00 bits per heavy atom. The quantitative estimate of drug-likeness (QED) is 0.418. The molecule has 0 unspecified atom stereocenters. The van der Waals surface area contributed by atoms with Gasteiger partial charge in [-0.05, 0) is 54.8 Å². The molecule has 158 valence electrons. The highest BCUT2D eigenvalue weighted by atomic mass is 32.2. The van der Waals surface area contributed by atoms with Gasteiger partial charge in [-0.1, -0.05) is 23.8 Å². The molecule has 4 rings (SSSR count). The summed E-state index contributed by atoms with van der Waals surface area (Å²) >= 11 is 2.94. The molecule has 0 saturated carbocycles. The van der Waals surface area contributed by atoms with Crippen molar-refractivity contribution in [3.05, 3.63) is 82.6 Å². The summed E-state index contributed by atoms with van der Waals surface area (Å²) < 4.78 is 26.9. The third-order valence-electron chi connectivity index (χ3n) is 4.67. The first kappa shape index (κ1) is 21.2. The number of aromatic nitrogens is 1. The summed E-state index contributed by atoms with van der Waals surface area (Å²) in [6.07, 6.45) is 0. The lowest BCUT2D eigenvalue weighted by molar-refractivity contribution is 0.102. The number of amides is 1. The van der Waals surface area contributed by atoms with Gasteiger partial charge in [-0.25, -0.2) is 13.4 Å². The van der Waals surface area contributed by atoms with Crippen LogP contribution in [0.5, 0.6) is 0 Å². The number of anilines is 2. The van der Waals surface area contributed by atoms with Crippen molar-refractivity contribution in [2.24, 2.45) is 0 Å². The van der Waals surface area contributed by atoms with E-state index in [2.05, 4.69) is 10.3 Å². The molecule has 2 aromatic carbocycles. The van der Waals surface area contributed by atoms with Gasteiger partial charge in [0.05, 0.1) is 21.2 Å². The predicted molar refractivity (Wildman–Crippen MR) is 127 cm³/mol. The maximum Gasteiger partial charge on any atom is 0.264 e. The molecule has 1 amide bonds. The highest BCUT2D eigenvalue weighted by Crippen LogP contribution is 2.29. The number of carbonyl (C=O) groups excluding carboxylic acids is 1. The maximum atomic E-state index is 12.8. The van der Waals surface area contributed by atoms with Crippen LogP contribution in [0.2, 0.25) is 0 Å². The molecule has 1 N–H and O–H groups in total. The number of nitrogens with one attached hydrogen (secondary N) is 1. The van der Waals surface area contributed by atoms with E-state index >= 15 is 0 Å². The number of nitrogens with zero attached hydrogens (tertiary/aromatic N) is 2. The van der Waals surface area contributed by atoms with Gasteiger partial charge in [0.2, 0.25) is 0 Å². The molecule has 0 bridgehead atoms. The van der Waals surface area contributed by atoms with Crippen molar-refractivity contribution < 1.29 is 13.2 Å². The summed E-state index contributed by atoms with van der Waals surface area (Å²) in [6.45, 7) is 1.90. The van der Waals surface area contributed by atoms with Crippen LogP contribution in [0.4, 0.5) is 10.8 Å². The average Bonchev–Trinajstić information content (AvgIpc) is 3.45. The minimum Gasteiger partial charge on any atom is -0.298 e. The zero-order chi connectivity index (χ0) is 22.0. The first-order chi connectivity index (χ1) is 14.8. The van der Waals surface area contributed by atoms with Gasteiger partial charge >= 0.3 is 0 Å². The zero-order valence-electron chi connectivity index (χ0n) is 16.8. The predicted octanol–water partition coefficient (Wildman–Crippen LogP) is 5.26. The number of hydrogen-bond donors (Lipinski definition) is 1. The Balaban J connectivity index is 1.47. The van der Waals surface area contributed by atoms with Crippen molar-refractivity contribution in [2.75, 3.05) is 16.7 Å². The molecule has 9 heteroatoms. The van der Waals surface area contributed by atoms with E-state index in [4.69, 9.17) is 0 Å². The van der Waals surface area contributed by atoms with Gasteiger partial charge in [0.25, 0.3) is 15.9 Å². The van der Waals surface area contributed by atoms with Crippen molar-refractivity contribution in [2.45, 2.75) is 11.8 Å². The first-order valence-electron chi connectivity index (χ1n) is 9.31. The SMILES string of the molecule is Cc1ccc(S(=O)(=O)N(C)c2ccc(C(=O)Nc3nc(-c4cccs4)cs3)cc2)cc1. The lowest BCUT2D eigenvalue weighted by Crippen LogP contribution is -2.26. The standard InChI is InChI=1S/C22H19N3O3S3/c1-15-5-11-18(12-6-15)31(27,28)25(2)17-9-7-16(8-10-17)21(26)24-22-23-19(14-30-22)20-4-3-13-29-20/h3-14H,1-2H3,(H,23,24,26). The van der Waals surface area contributed by atoms with Crippen molar-refractivity contribution in [3.8, 4) is 10.6 Å². The molecule has 0 aliphatic rings. The fourth-order valence-electron chi connectivity index (χ4n) is 2.87. The van der Waals surface area contributed by atoms with E-state index in [1.54, 1.807) is 59.9 Å². The molecule has 0 saturated heterocycles. The number of thiophene rings is 1. The number of rotatable bonds is 6. The smallest absolute Gasteiger partial charge is 0.264 e. The highest BCUT2D eigenvalue weighted by Gasteiger charge is 2.21. The number of hydrogen-bond acceptors (Lipinski definition) is 6. The number of carbonyl (C=O) groups is 1. The van der Waals surface area contributed by atoms with Crippen LogP contribution < -0.4 is 9.62 Å².